The van der Waals surface area contributed by atoms with Crippen molar-refractivity contribution in [3.8, 4) is 0 Å². The molecule has 0 atom stereocenters. The van der Waals surface area contributed by atoms with Crippen LogP contribution in [0, 0.1) is 0 Å². The second kappa shape index (κ2) is 16.1. The molecule has 0 radical (unpaired) electrons. The average Bonchev–Trinajstić information content (AvgIpc) is 0. The molecule has 28 valence electrons. The summed E-state index contributed by atoms with van der Waals surface area (Å²) in [6.45, 7) is 0. The standard InChI is InChI=1S/Bi.2Fe.Sr.5H. The van der Waals surface area contributed by atoms with Crippen molar-refractivity contribution in [2.45, 2.75) is 0 Å². The molecule has 0 aromatic heterocycles. The van der Waals surface area contributed by atoms with E-state index in [9.17, 15) is 0 Å². The molecule has 0 spiro atoms. The Morgan fingerprint density at radius 2 is 0.750 bits per heavy atom. The minimum atomic E-state index is 0. The van der Waals surface area contributed by atoms with E-state index in [4.69, 9.17) is 0 Å². The summed E-state index contributed by atoms with van der Waals surface area (Å²) in [7, 11) is 0. The minimum absolute atomic E-state index is 0. The van der Waals surface area contributed by atoms with Crippen LogP contribution in [0.5, 0.6) is 0 Å². The molecule has 4 heavy (non-hydrogen) atoms. The molecule has 0 aliphatic carbocycles. The normalized spacial score (nSPS) is 0. The van der Waals surface area contributed by atoms with Gasteiger partial charge in [-0.3, -0.25) is 0 Å². The number of hydrogen-bond acceptors (Lipinski definition) is 0. The second-order valence-corrected chi connectivity index (χ2v) is 0. The maximum absolute atomic E-state index is 0. The Kier molecular flexibility index (Phi) is 106. The first-order valence-electron chi connectivity index (χ1n) is 0. The van der Waals surface area contributed by atoms with Crippen LogP contribution in [0.2, 0.25) is 0 Å². The van der Waals surface area contributed by atoms with Crippen LogP contribution in [0.4, 0.5) is 0 Å². The van der Waals surface area contributed by atoms with Gasteiger partial charge in [-0.15, -0.1) is 0 Å². The predicted molar refractivity (Wildman–Crippen MR) is 18.5 cm³/mol. The Labute approximate surface area is 103 Å². The summed E-state index contributed by atoms with van der Waals surface area (Å²) in [5, 5.41) is 0. The van der Waals surface area contributed by atoms with Gasteiger partial charge in [-0.2, -0.15) is 0 Å². The molecule has 0 saturated heterocycles. The molecule has 0 saturated carbocycles. The molecule has 0 fully saturated rings. The summed E-state index contributed by atoms with van der Waals surface area (Å²) >= 11 is 0. The van der Waals surface area contributed by atoms with E-state index in [1.54, 1.807) is 0 Å². The van der Waals surface area contributed by atoms with Crippen molar-refractivity contribution in [1.29, 1.82) is 0 Å². The van der Waals surface area contributed by atoms with Crippen LogP contribution in [-0.4, -0.2) is 71.7 Å². The Hall–Kier alpha value is 3.40. The van der Waals surface area contributed by atoms with Crippen LogP contribution in [-0.2, 0) is 34.1 Å². The summed E-state index contributed by atoms with van der Waals surface area (Å²) < 4.78 is 0. The van der Waals surface area contributed by atoms with Crippen molar-refractivity contribution in [2.24, 2.45) is 0 Å². The van der Waals surface area contributed by atoms with Crippen molar-refractivity contribution in [2.75, 3.05) is 0 Å². The molecule has 0 amide bonds. The summed E-state index contributed by atoms with van der Waals surface area (Å²) in [6.07, 6.45) is 0. The van der Waals surface area contributed by atoms with E-state index in [0.717, 1.165) is 0 Å². The molecule has 0 aliphatic heterocycles. The van der Waals surface area contributed by atoms with E-state index in [1.807, 2.05) is 0 Å². The zero-order valence-electron chi connectivity index (χ0n) is 1.41. The van der Waals surface area contributed by atoms with Crippen LogP contribution in [0.3, 0.4) is 0 Å². The summed E-state index contributed by atoms with van der Waals surface area (Å²) in [4.78, 5) is 0. The maximum atomic E-state index is 0. The predicted octanol–water partition coefficient (Wildman–Crippen LogP) is -2.11. The Morgan fingerprint density at radius 1 is 0.750 bits per heavy atom. The summed E-state index contributed by atoms with van der Waals surface area (Å²) in [5.74, 6) is 0. The first kappa shape index (κ1) is 26.2. The van der Waals surface area contributed by atoms with Gasteiger partial charge < -0.3 is 0 Å². The zero-order chi connectivity index (χ0) is 0. The van der Waals surface area contributed by atoms with E-state index in [0.29, 0.717) is 0 Å². The van der Waals surface area contributed by atoms with Gasteiger partial charge in [0, 0.05) is 34.1 Å². The Bertz CT molecular complexity index is 6.00. The van der Waals surface area contributed by atoms with Crippen LogP contribution in [0.25, 0.3) is 0 Å². The van der Waals surface area contributed by atoms with Crippen LogP contribution < -0.4 is 0 Å². The monoisotopic (exact) mass is 414 g/mol. The number of hydrogen-bond donors (Lipinski definition) is 0. The Morgan fingerprint density at radius 3 is 0.750 bits per heavy atom. The van der Waals surface area contributed by atoms with E-state index < -0.39 is 0 Å². The molecule has 0 N–H and O–H groups in total. The first-order chi connectivity index (χ1) is 0. The van der Waals surface area contributed by atoms with Gasteiger partial charge in [0.25, 0.3) is 0 Å². The third kappa shape index (κ3) is 9.04. The average molecular weight is 413 g/mol. The molecule has 0 nitrogen and oxygen atoms in total. The van der Waals surface area contributed by atoms with E-state index in [1.165, 1.54) is 0 Å². The molecule has 4 heteroatoms. The van der Waals surface area contributed by atoms with E-state index in [2.05, 4.69) is 0 Å². The molecular formula is H5BiFe2Sr. The quantitative estimate of drug-likeness (QED) is 0.399. The van der Waals surface area contributed by atoms with Crippen molar-refractivity contribution in [3.05, 3.63) is 0 Å². The SMILES string of the molecule is [BiH3].[Fe].[Fe].[SrH2]. The zero-order valence-corrected chi connectivity index (χ0v) is 9.12. The number of rotatable bonds is 0. The molecule has 0 aromatic carbocycles. The fourth-order valence-electron chi connectivity index (χ4n) is 0. The van der Waals surface area contributed by atoms with Gasteiger partial charge in [0.1, 0.15) is 0 Å². The fraction of sp³-hybridized carbons (Fsp3) is 0. The van der Waals surface area contributed by atoms with Gasteiger partial charge in [0.05, 0.1) is 0 Å². The van der Waals surface area contributed by atoms with Crippen molar-refractivity contribution >= 4 is 71.7 Å². The Balaban J connectivity index is 0. The van der Waals surface area contributed by atoms with Crippen LogP contribution >= 0.6 is 0 Å². The third-order valence-electron chi connectivity index (χ3n) is 0. The van der Waals surface area contributed by atoms with Gasteiger partial charge in [0.2, 0.25) is 0 Å². The second-order valence-electron chi connectivity index (χ2n) is 0. The van der Waals surface area contributed by atoms with E-state index in [-0.39, 0.29) is 106 Å². The van der Waals surface area contributed by atoms with E-state index >= 15 is 0 Å². The summed E-state index contributed by atoms with van der Waals surface area (Å²) in [5.41, 5.74) is 0. The van der Waals surface area contributed by atoms with Gasteiger partial charge in [-0.1, -0.05) is 0 Å². The van der Waals surface area contributed by atoms with Gasteiger partial charge in [0.15, 0.2) is 0 Å². The van der Waals surface area contributed by atoms with Crippen molar-refractivity contribution in [3.63, 3.8) is 0 Å². The molecule has 0 heterocycles. The summed E-state index contributed by atoms with van der Waals surface area (Å²) in [6, 6.07) is 0. The van der Waals surface area contributed by atoms with Gasteiger partial charge in [-0.25, -0.2) is 0 Å². The van der Waals surface area contributed by atoms with Crippen LogP contribution in [0.1, 0.15) is 0 Å². The molecular weight excluding hydrogens is 408 g/mol. The molecule has 0 bridgehead atoms. The third-order valence-corrected chi connectivity index (χ3v) is 0. The van der Waals surface area contributed by atoms with Gasteiger partial charge in [-0.05, 0) is 0 Å². The fourth-order valence-corrected chi connectivity index (χ4v) is 0. The molecule has 0 unspecified atom stereocenters. The van der Waals surface area contributed by atoms with Crippen LogP contribution in [0.15, 0.2) is 0 Å². The molecule has 0 rings (SSSR count). The molecule has 0 aliphatic rings. The van der Waals surface area contributed by atoms with Gasteiger partial charge >= 0.3 is 71.7 Å². The van der Waals surface area contributed by atoms with Crippen molar-refractivity contribution < 1.29 is 34.1 Å². The molecule has 0 aromatic rings. The topological polar surface area (TPSA) is 0 Å². The van der Waals surface area contributed by atoms with Crippen molar-refractivity contribution in [1.82, 2.24) is 0 Å². The first-order valence-corrected chi connectivity index (χ1v) is 0.